The summed E-state index contributed by atoms with van der Waals surface area (Å²) >= 11 is 0. The number of amides is 1. The maximum atomic E-state index is 14.9. The van der Waals surface area contributed by atoms with Crippen molar-refractivity contribution in [3.8, 4) is 17.2 Å². The molecule has 17 nitrogen and oxygen atoms in total. The van der Waals surface area contributed by atoms with Gasteiger partial charge in [-0.1, -0.05) is 18.2 Å². The molecule has 3 aliphatic carbocycles. The number of nitrogens with zero attached hydrogens (tertiary/aromatic N) is 1. The summed E-state index contributed by atoms with van der Waals surface area (Å²) in [6.45, 7) is 2.43. The molecule has 8 atom stereocenters. The van der Waals surface area contributed by atoms with Crippen molar-refractivity contribution in [2.75, 3.05) is 27.9 Å². The van der Waals surface area contributed by atoms with Gasteiger partial charge in [0.15, 0.2) is 23.2 Å². The van der Waals surface area contributed by atoms with Crippen LogP contribution in [0.3, 0.4) is 0 Å². The number of fused-ring (bicyclic) bond motifs is 5. The average molecular weight is 803 g/mol. The van der Waals surface area contributed by atoms with E-state index in [2.05, 4.69) is 10.3 Å². The van der Waals surface area contributed by atoms with E-state index in [0.29, 0.717) is 11.3 Å². The second-order valence-electron chi connectivity index (χ2n) is 14.9. The van der Waals surface area contributed by atoms with Crippen LogP contribution in [-0.4, -0.2) is 130 Å². The topological polar surface area (TPSA) is 268 Å². The summed E-state index contributed by atoms with van der Waals surface area (Å²) < 4.78 is 21.9. The minimum atomic E-state index is -3.27. The third-order valence-electron chi connectivity index (χ3n) is 11.8. The van der Waals surface area contributed by atoms with E-state index in [-0.39, 0.29) is 23.2 Å². The molecule has 0 spiro atoms. The number of carbonyl (C=O) groups is 5. The van der Waals surface area contributed by atoms with Crippen molar-refractivity contribution >= 4 is 34.8 Å². The third-order valence-corrected chi connectivity index (χ3v) is 11.8. The summed E-state index contributed by atoms with van der Waals surface area (Å²) in [6, 6.07) is 9.00. The van der Waals surface area contributed by atoms with Gasteiger partial charge in [0.1, 0.15) is 23.4 Å². The molecule has 3 aromatic rings. The maximum absolute atomic E-state index is 14.9. The molecule has 17 heteroatoms. The number of ether oxygens (including phenoxy) is 4. The van der Waals surface area contributed by atoms with Crippen molar-refractivity contribution in [2.24, 2.45) is 10.9 Å². The SMILES string of the molecule is COc1ccc(CNC(=O)c2c(C)cc3c(c2O)[C@]2(O)C(=O)c4cc5c(c(O)c4C(=O)[C@]2(OC)[C@H](O)C3)C(=O)CC(=NC2O[C@@H](C)[C@H](OC)[C@@H](O)[C@H]2CO)C5=O)cc1. The highest BCUT2D eigenvalue weighted by molar-refractivity contribution is 6.53. The van der Waals surface area contributed by atoms with E-state index < -0.39 is 141 Å². The summed E-state index contributed by atoms with van der Waals surface area (Å²) in [5, 5.41) is 71.4. The Hall–Kier alpha value is -5.40. The van der Waals surface area contributed by atoms with Gasteiger partial charge in [-0.2, -0.15) is 0 Å². The molecule has 0 aromatic heterocycles. The van der Waals surface area contributed by atoms with E-state index in [9.17, 15) is 54.6 Å². The number of carbonyl (C=O) groups excluding carboxylic acids is 5. The van der Waals surface area contributed by atoms with Crippen molar-refractivity contribution < 1.29 is 73.6 Å². The van der Waals surface area contributed by atoms with Gasteiger partial charge in [-0.15, -0.1) is 0 Å². The second kappa shape index (κ2) is 14.8. The molecule has 1 saturated heterocycles. The second-order valence-corrected chi connectivity index (χ2v) is 14.9. The Labute approximate surface area is 330 Å². The molecule has 1 amide bonds. The zero-order valence-corrected chi connectivity index (χ0v) is 32.1. The summed E-state index contributed by atoms with van der Waals surface area (Å²) in [4.78, 5) is 75.2. The Morgan fingerprint density at radius 2 is 1.67 bits per heavy atom. The molecular weight excluding hydrogens is 760 g/mol. The Morgan fingerprint density at radius 3 is 2.29 bits per heavy atom. The number of benzene rings is 3. The van der Waals surface area contributed by atoms with E-state index in [1.165, 1.54) is 27.2 Å². The molecule has 1 unspecified atom stereocenters. The normalized spacial score (nSPS) is 29.7. The van der Waals surface area contributed by atoms with Crippen molar-refractivity contribution in [1.29, 1.82) is 0 Å². The number of aryl methyl sites for hydroxylation is 1. The van der Waals surface area contributed by atoms with Crippen molar-refractivity contribution in [3.05, 3.63) is 86.5 Å². The lowest BCUT2D eigenvalue weighted by atomic mass is 9.56. The third kappa shape index (κ3) is 5.71. The van der Waals surface area contributed by atoms with Gasteiger partial charge in [0.2, 0.25) is 17.3 Å². The molecule has 1 heterocycles. The summed E-state index contributed by atoms with van der Waals surface area (Å²) in [5.41, 5.74) is -9.47. The predicted octanol–water partition coefficient (Wildman–Crippen LogP) is 0.853. The summed E-state index contributed by atoms with van der Waals surface area (Å²) in [7, 11) is 3.77. The summed E-state index contributed by atoms with van der Waals surface area (Å²) in [6.07, 6.45) is -7.35. The van der Waals surface area contributed by atoms with Crippen LogP contribution in [0.5, 0.6) is 17.2 Å². The Balaban J connectivity index is 1.34. The smallest absolute Gasteiger partial charge is 0.255 e. The number of methoxy groups -OCH3 is 3. The number of aliphatic imine (C=N–C) groups is 1. The summed E-state index contributed by atoms with van der Waals surface area (Å²) in [5.74, 6) is -7.88. The van der Waals surface area contributed by atoms with E-state index in [4.69, 9.17) is 18.9 Å². The molecule has 4 aliphatic rings. The van der Waals surface area contributed by atoms with Crippen LogP contribution < -0.4 is 10.1 Å². The quantitative estimate of drug-likeness (QED) is 0.166. The fourth-order valence-electron chi connectivity index (χ4n) is 8.89. The molecule has 7 rings (SSSR count). The number of rotatable bonds is 8. The fraction of sp³-hybridized carbons (Fsp3) is 0.415. The van der Waals surface area contributed by atoms with E-state index in [0.717, 1.165) is 13.2 Å². The first kappa shape index (κ1) is 40.8. The van der Waals surface area contributed by atoms with Crippen LogP contribution >= 0.6 is 0 Å². The largest absolute Gasteiger partial charge is 0.507 e. The van der Waals surface area contributed by atoms with Gasteiger partial charge in [0.05, 0.1) is 66.8 Å². The fourth-order valence-corrected chi connectivity index (χ4v) is 8.89. The zero-order valence-electron chi connectivity index (χ0n) is 32.1. The van der Waals surface area contributed by atoms with E-state index >= 15 is 0 Å². The Kier molecular flexibility index (Phi) is 10.4. The number of aliphatic hydroxyl groups is 4. The molecule has 0 bridgehead atoms. The first-order valence-corrected chi connectivity index (χ1v) is 18.4. The van der Waals surface area contributed by atoms with Crippen LogP contribution in [0.4, 0.5) is 0 Å². The Morgan fingerprint density at radius 1 is 0.983 bits per heavy atom. The number of ketones is 4. The van der Waals surface area contributed by atoms with Gasteiger partial charge < -0.3 is 54.9 Å². The first-order chi connectivity index (χ1) is 27.5. The van der Waals surface area contributed by atoms with Gasteiger partial charge in [0.25, 0.3) is 5.91 Å². The number of Topliss-reactive ketones (excluding diaryl/α,β-unsaturated/α-hetero) is 4. The van der Waals surface area contributed by atoms with E-state index in [1.54, 1.807) is 31.2 Å². The molecular formula is C41H42N2O15. The lowest BCUT2D eigenvalue weighted by molar-refractivity contribution is -0.206. The number of phenols is 2. The van der Waals surface area contributed by atoms with Crippen molar-refractivity contribution in [1.82, 2.24) is 5.32 Å². The maximum Gasteiger partial charge on any atom is 0.255 e. The van der Waals surface area contributed by atoms with Gasteiger partial charge in [0, 0.05) is 43.9 Å². The standard InChI is InChI=1S/C41H42N2O15/c1-16-10-19-11-26(46)41(57-5)37(52)29-22(36(51)40(41,54)30(19)34(50)27(16)38(53)42-14-18-6-8-20(55-3)9-7-18)12-21-28(33(29)49)25(45)13-24(31(21)47)43-39-23(15-44)32(48)35(56-4)17(2)58-39/h6-10,12,17,23,26,32,35,39,44,46,48-50,54H,11,13-15H2,1-5H3,(H,42,53)/t17-,23+,26+,32-,35-,39?,40-,41+/m0/s1. The van der Waals surface area contributed by atoms with E-state index in [1.807, 2.05) is 0 Å². The molecule has 306 valence electrons. The van der Waals surface area contributed by atoms with Crippen LogP contribution in [0.25, 0.3) is 0 Å². The highest BCUT2D eigenvalue weighted by atomic mass is 16.6. The number of phenolic OH excluding ortho intramolecular Hbond substituents is 2. The minimum absolute atomic E-state index is 0.00217. The van der Waals surface area contributed by atoms with Crippen LogP contribution in [0.2, 0.25) is 0 Å². The monoisotopic (exact) mass is 802 g/mol. The number of nitrogens with one attached hydrogen (secondary N) is 1. The molecule has 7 N–H and O–H groups in total. The molecule has 1 aliphatic heterocycles. The highest BCUT2D eigenvalue weighted by Crippen LogP contribution is 2.56. The Bertz CT molecular complexity index is 2300. The van der Waals surface area contributed by atoms with Crippen LogP contribution in [0.1, 0.15) is 87.4 Å². The molecule has 0 saturated carbocycles. The van der Waals surface area contributed by atoms with Gasteiger partial charge in [-0.25, -0.2) is 0 Å². The van der Waals surface area contributed by atoms with Crippen molar-refractivity contribution in [2.45, 2.75) is 75.1 Å². The first-order valence-electron chi connectivity index (χ1n) is 18.4. The molecule has 3 aromatic carbocycles. The van der Waals surface area contributed by atoms with Crippen LogP contribution in [0.15, 0.2) is 41.4 Å². The van der Waals surface area contributed by atoms with Crippen LogP contribution in [-0.2, 0) is 32.8 Å². The zero-order chi connectivity index (χ0) is 42.2. The highest BCUT2D eigenvalue weighted by Gasteiger charge is 2.72. The molecule has 58 heavy (non-hydrogen) atoms. The number of aliphatic hydroxyl groups excluding tert-OH is 3. The predicted molar refractivity (Wildman–Crippen MR) is 200 cm³/mol. The lowest BCUT2D eigenvalue weighted by Gasteiger charge is -2.53. The van der Waals surface area contributed by atoms with Gasteiger partial charge >= 0.3 is 0 Å². The average Bonchev–Trinajstić information content (AvgIpc) is 3.18. The van der Waals surface area contributed by atoms with Crippen molar-refractivity contribution in [3.63, 3.8) is 0 Å². The minimum Gasteiger partial charge on any atom is -0.507 e. The lowest BCUT2D eigenvalue weighted by Crippen LogP contribution is -2.73. The number of hydrogen-bond acceptors (Lipinski definition) is 16. The van der Waals surface area contributed by atoms with Gasteiger partial charge in [-0.3, -0.25) is 29.0 Å². The van der Waals surface area contributed by atoms with Crippen LogP contribution in [0, 0.1) is 12.8 Å². The molecule has 1 fully saturated rings. The number of aromatic hydroxyl groups is 2. The van der Waals surface area contributed by atoms with Gasteiger partial charge in [-0.05, 0) is 48.7 Å². The molecule has 0 radical (unpaired) electrons. The number of hydrogen-bond donors (Lipinski definition) is 7.